The van der Waals surface area contributed by atoms with E-state index in [1.165, 1.54) is 0 Å². The smallest absolute Gasteiger partial charge is 0.191 e. The van der Waals surface area contributed by atoms with Gasteiger partial charge in [0.25, 0.3) is 0 Å². The molecule has 100 valence electrons. The van der Waals surface area contributed by atoms with Gasteiger partial charge in [-0.3, -0.25) is 4.79 Å². The lowest BCUT2D eigenvalue weighted by Gasteiger charge is -2.19. The largest absolute Gasteiger partial charge is 0.497 e. The fourth-order valence-corrected chi connectivity index (χ4v) is 2.15. The van der Waals surface area contributed by atoms with Crippen LogP contribution < -0.4 is 4.74 Å². The van der Waals surface area contributed by atoms with Gasteiger partial charge in [-0.1, -0.05) is 26.7 Å². The number of hydrogen-bond acceptors (Lipinski definition) is 3. The highest BCUT2D eigenvalue weighted by Crippen LogP contribution is 2.22. The van der Waals surface area contributed by atoms with E-state index in [1.54, 1.807) is 19.2 Å². The quantitative estimate of drug-likeness (QED) is 0.789. The number of ether oxygens (including phenoxy) is 1. The molecule has 1 atom stereocenters. The third-order valence-electron chi connectivity index (χ3n) is 3.46. The van der Waals surface area contributed by atoms with Crippen LogP contribution >= 0.6 is 0 Å². The van der Waals surface area contributed by atoms with Crippen molar-refractivity contribution in [2.45, 2.75) is 39.7 Å². The van der Waals surface area contributed by atoms with E-state index in [-0.39, 0.29) is 11.7 Å². The first kappa shape index (κ1) is 14.7. The summed E-state index contributed by atoms with van der Waals surface area (Å²) in [7, 11) is 1.59. The van der Waals surface area contributed by atoms with E-state index in [9.17, 15) is 9.90 Å². The predicted molar refractivity (Wildman–Crippen MR) is 72.1 cm³/mol. The van der Waals surface area contributed by atoms with Crippen LogP contribution in [0.15, 0.2) is 18.2 Å². The summed E-state index contributed by atoms with van der Waals surface area (Å²) in [6.45, 7) is 5.84. The number of aliphatic hydroxyl groups is 1. The summed E-state index contributed by atoms with van der Waals surface area (Å²) in [5.74, 6) is 0.559. The van der Waals surface area contributed by atoms with E-state index in [4.69, 9.17) is 4.74 Å². The van der Waals surface area contributed by atoms with Crippen LogP contribution in [0.4, 0.5) is 0 Å². The monoisotopic (exact) mass is 250 g/mol. The van der Waals surface area contributed by atoms with Crippen LogP contribution in [-0.2, 0) is 0 Å². The third-order valence-corrected chi connectivity index (χ3v) is 3.46. The summed E-state index contributed by atoms with van der Waals surface area (Å²) in [6, 6.07) is 5.29. The normalized spacial score (nSPS) is 12.6. The summed E-state index contributed by atoms with van der Waals surface area (Å²) < 4.78 is 5.11. The van der Waals surface area contributed by atoms with Crippen molar-refractivity contribution in [1.29, 1.82) is 0 Å². The second kappa shape index (κ2) is 6.55. The molecule has 0 aromatic heterocycles. The molecule has 0 heterocycles. The molecule has 0 saturated carbocycles. The highest BCUT2D eigenvalue weighted by molar-refractivity contribution is 6.00. The minimum Gasteiger partial charge on any atom is -0.497 e. The fourth-order valence-electron chi connectivity index (χ4n) is 2.15. The average Bonchev–Trinajstić information content (AvgIpc) is 2.39. The number of aliphatic hydroxyl groups excluding tert-OH is 1. The highest BCUT2D eigenvalue weighted by Gasteiger charge is 2.25. The van der Waals surface area contributed by atoms with Crippen molar-refractivity contribution in [3.63, 3.8) is 0 Å². The molecule has 3 heteroatoms. The lowest BCUT2D eigenvalue weighted by molar-refractivity contribution is 0.0587. The van der Waals surface area contributed by atoms with Gasteiger partial charge < -0.3 is 9.84 Å². The van der Waals surface area contributed by atoms with Crippen LogP contribution in [0.25, 0.3) is 0 Å². The molecule has 0 saturated heterocycles. The molecule has 1 rings (SSSR count). The summed E-state index contributed by atoms with van der Waals surface area (Å²) >= 11 is 0. The second-order valence-corrected chi connectivity index (χ2v) is 4.57. The van der Waals surface area contributed by atoms with Crippen molar-refractivity contribution in [3.05, 3.63) is 29.3 Å². The van der Waals surface area contributed by atoms with Gasteiger partial charge in [0, 0.05) is 5.56 Å². The van der Waals surface area contributed by atoms with Crippen LogP contribution in [0, 0.1) is 12.8 Å². The molecule has 0 fully saturated rings. The first-order valence-electron chi connectivity index (χ1n) is 6.42. The van der Waals surface area contributed by atoms with Crippen molar-refractivity contribution in [1.82, 2.24) is 0 Å². The van der Waals surface area contributed by atoms with Crippen molar-refractivity contribution < 1.29 is 14.6 Å². The van der Waals surface area contributed by atoms with Gasteiger partial charge in [0.2, 0.25) is 0 Å². The van der Waals surface area contributed by atoms with Gasteiger partial charge >= 0.3 is 0 Å². The maximum absolute atomic E-state index is 12.2. The number of carbonyl (C=O) groups excluding carboxylic acids is 1. The maximum Gasteiger partial charge on any atom is 0.191 e. The Kier molecular flexibility index (Phi) is 5.35. The zero-order valence-electron chi connectivity index (χ0n) is 11.6. The van der Waals surface area contributed by atoms with E-state index in [0.29, 0.717) is 5.56 Å². The Balaban J connectivity index is 2.96. The van der Waals surface area contributed by atoms with E-state index in [0.717, 1.165) is 24.2 Å². The van der Waals surface area contributed by atoms with Gasteiger partial charge in [0.1, 0.15) is 11.9 Å². The Labute approximate surface area is 109 Å². The molecule has 18 heavy (non-hydrogen) atoms. The van der Waals surface area contributed by atoms with Crippen molar-refractivity contribution in [2.24, 2.45) is 5.92 Å². The van der Waals surface area contributed by atoms with E-state index >= 15 is 0 Å². The van der Waals surface area contributed by atoms with Gasteiger partial charge in [-0.25, -0.2) is 0 Å². The summed E-state index contributed by atoms with van der Waals surface area (Å²) in [4.78, 5) is 12.2. The van der Waals surface area contributed by atoms with Crippen LogP contribution in [0.1, 0.15) is 42.6 Å². The molecule has 3 nitrogen and oxygen atoms in total. The number of carbonyl (C=O) groups is 1. The lowest BCUT2D eigenvalue weighted by Crippen LogP contribution is -2.29. The molecular weight excluding hydrogens is 228 g/mol. The van der Waals surface area contributed by atoms with Gasteiger partial charge in [0.05, 0.1) is 7.11 Å². The summed E-state index contributed by atoms with van der Waals surface area (Å²) in [5.41, 5.74) is 1.42. The topological polar surface area (TPSA) is 46.5 Å². The molecule has 0 aliphatic carbocycles. The van der Waals surface area contributed by atoms with Gasteiger partial charge in [-0.15, -0.1) is 0 Å². The van der Waals surface area contributed by atoms with E-state index in [2.05, 4.69) is 0 Å². The van der Waals surface area contributed by atoms with Gasteiger partial charge in [-0.05, 0) is 36.6 Å². The average molecular weight is 250 g/mol. The first-order valence-corrected chi connectivity index (χ1v) is 6.42. The highest BCUT2D eigenvalue weighted by atomic mass is 16.5. The summed E-state index contributed by atoms with van der Waals surface area (Å²) in [6.07, 6.45) is 0.698. The summed E-state index contributed by atoms with van der Waals surface area (Å²) in [5, 5.41) is 10.1. The lowest BCUT2D eigenvalue weighted by atomic mass is 9.89. The number of ketones is 1. The second-order valence-electron chi connectivity index (χ2n) is 4.57. The van der Waals surface area contributed by atoms with Crippen molar-refractivity contribution >= 4 is 5.78 Å². The molecule has 0 spiro atoms. The van der Waals surface area contributed by atoms with Crippen LogP contribution in [-0.4, -0.2) is 24.1 Å². The minimum atomic E-state index is -0.910. The first-order chi connectivity index (χ1) is 8.54. The molecule has 0 aliphatic heterocycles. The molecule has 0 radical (unpaired) electrons. The Morgan fingerprint density at radius 3 is 2.39 bits per heavy atom. The number of Topliss-reactive ketones (excluding diaryl/α,β-unsaturated/α-hetero) is 1. The molecule has 1 aromatic carbocycles. The molecule has 1 aromatic rings. The van der Waals surface area contributed by atoms with Crippen molar-refractivity contribution in [2.75, 3.05) is 7.11 Å². The molecule has 1 N–H and O–H groups in total. The maximum atomic E-state index is 12.2. The number of hydrogen-bond donors (Lipinski definition) is 1. The minimum absolute atomic E-state index is 0.0269. The van der Waals surface area contributed by atoms with Crippen LogP contribution in [0.3, 0.4) is 0 Å². The molecule has 0 amide bonds. The number of benzene rings is 1. The van der Waals surface area contributed by atoms with E-state index < -0.39 is 6.10 Å². The SMILES string of the molecule is CCC(CC)C(O)C(=O)c1ccc(OC)cc1C. The van der Waals surface area contributed by atoms with Crippen LogP contribution in [0.2, 0.25) is 0 Å². The van der Waals surface area contributed by atoms with Crippen LogP contribution in [0.5, 0.6) is 5.75 Å². The molecule has 1 unspecified atom stereocenters. The van der Waals surface area contributed by atoms with Gasteiger partial charge in [0.15, 0.2) is 5.78 Å². The Morgan fingerprint density at radius 1 is 1.33 bits per heavy atom. The fraction of sp³-hybridized carbons (Fsp3) is 0.533. The molecular formula is C15H22O3. The zero-order chi connectivity index (χ0) is 13.7. The zero-order valence-corrected chi connectivity index (χ0v) is 11.6. The standard InChI is InChI=1S/C15H22O3/c1-5-11(6-2)14(16)15(17)13-8-7-12(18-4)9-10(13)3/h7-9,11,14,16H,5-6H2,1-4H3. The third kappa shape index (κ3) is 3.10. The van der Waals surface area contributed by atoms with Gasteiger partial charge in [-0.2, -0.15) is 0 Å². The Morgan fingerprint density at radius 2 is 1.94 bits per heavy atom. The Hall–Kier alpha value is -1.35. The number of methoxy groups -OCH3 is 1. The Bertz CT molecular complexity index is 408. The van der Waals surface area contributed by atoms with E-state index in [1.807, 2.05) is 26.8 Å². The molecule has 0 bridgehead atoms. The number of aryl methyl sites for hydroxylation is 1. The number of rotatable bonds is 6. The predicted octanol–water partition coefficient (Wildman–Crippen LogP) is 2.98. The van der Waals surface area contributed by atoms with Crippen molar-refractivity contribution in [3.8, 4) is 5.75 Å². The molecule has 0 aliphatic rings.